The van der Waals surface area contributed by atoms with E-state index in [4.69, 9.17) is 19.4 Å². The lowest BCUT2D eigenvalue weighted by Crippen LogP contribution is -2.43. The number of hydrogen-bond donors (Lipinski definition) is 4. The third-order valence-corrected chi connectivity index (χ3v) is 8.21. The van der Waals surface area contributed by atoms with Crippen molar-refractivity contribution >= 4 is 11.9 Å². The maximum absolute atomic E-state index is 12.7. The number of aliphatic hydroxyl groups is 2. The zero-order chi connectivity index (χ0) is 29.2. The SMILES string of the molecule is CCC(C)C(=O)OC1CC(O)C=C2C=CC(C)C(CCC(O)CC(CC(=O)NO)OCc3ccc(OC)cc3)C21. The smallest absolute Gasteiger partial charge is 0.308 e. The molecule has 40 heavy (non-hydrogen) atoms. The number of hydrogen-bond acceptors (Lipinski definition) is 8. The van der Waals surface area contributed by atoms with Crippen LogP contribution in [0.3, 0.4) is 0 Å². The zero-order valence-electron chi connectivity index (χ0n) is 24.0. The lowest BCUT2D eigenvalue weighted by Gasteiger charge is -2.43. The van der Waals surface area contributed by atoms with Crippen LogP contribution in [0.1, 0.15) is 64.9 Å². The quantitative estimate of drug-likeness (QED) is 0.152. The van der Waals surface area contributed by atoms with E-state index in [1.54, 1.807) is 12.6 Å². The van der Waals surface area contributed by atoms with Crippen molar-refractivity contribution in [3.8, 4) is 5.75 Å². The summed E-state index contributed by atoms with van der Waals surface area (Å²) < 4.78 is 17.1. The van der Waals surface area contributed by atoms with Crippen LogP contribution in [-0.2, 0) is 25.7 Å². The Morgan fingerprint density at radius 3 is 2.58 bits per heavy atom. The second-order valence-corrected chi connectivity index (χ2v) is 11.1. The summed E-state index contributed by atoms with van der Waals surface area (Å²) in [4.78, 5) is 24.6. The lowest BCUT2D eigenvalue weighted by atomic mass is 9.66. The molecule has 8 unspecified atom stereocenters. The van der Waals surface area contributed by atoms with Crippen LogP contribution >= 0.6 is 0 Å². The van der Waals surface area contributed by atoms with Crippen molar-refractivity contribution in [1.82, 2.24) is 5.48 Å². The summed E-state index contributed by atoms with van der Waals surface area (Å²) in [6.07, 6.45) is 5.83. The number of fused-ring (bicyclic) bond motifs is 1. The van der Waals surface area contributed by atoms with Gasteiger partial charge in [-0.15, -0.1) is 0 Å². The van der Waals surface area contributed by atoms with E-state index in [0.29, 0.717) is 25.7 Å². The minimum absolute atomic E-state index is 0.0640. The monoisotopic (exact) mass is 559 g/mol. The Bertz CT molecular complexity index is 1020. The maximum Gasteiger partial charge on any atom is 0.308 e. The molecule has 9 nitrogen and oxygen atoms in total. The van der Waals surface area contributed by atoms with Gasteiger partial charge in [-0.2, -0.15) is 0 Å². The highest BCUT2D eigenvalue weighted by Crippen LogP contribution is 2.44. The molecule has 1 aromatic carbocycles. The molecule has 8 atom stereocenters. The van der Waals surface area contributed by atoms with E-state index in [0.717, 1.165) is 16.9 Å². The molecule has 0 bridgehead atoms. The first-order chi connectivity index (χ1) is 19.1. The van der Waals surface area contributed by atoms with Crippen LogP contribution in [0.15, 0.2) is 48.1 Å². The molecule has 0 aromatic heterocycles. The Balaban J connectivity index is 1.65. The summed E-state index contributed by atoms with van der Waals surface area (Å²) in [7, 11) is 1.59. The van der Waals surface area contributed by atoms with Gasteiger partial charge < -0.3 is 24.4 Å². The largest absolute Gasteiger partial charge is 0.497 e. The van der Waals surface area contributed by atoms with E-state index in [2.05, 4.69) is 13.0 Å². The van der Waals surface area contributed by atoms with Gasteiger partial charge in [-0.1, -0.05) is 51.1 Å². The highest BCUT2D eigenvalue weighted by Gasteiger charge is 2.42. The average molecular weight is 560 g/mol. The predicted molar refractivity (Wildman–Crippen MR) is 149 cm³/mol. The first-order valence-electron chi connectivity index (χ1n) is 14.3. The molecule has 0 saturated heterocycles. The van der Waals surface area contributed by atoms with Gasteiger partial charge in [0.1, 0.15) is 11.9 Å². The number of aliphatic hydroxyl groups excluding tert-OH is 2. The zero-order valence-corrected chi connectivity index (χ0v) is 24.0. The molecule has 1 amide bonds. The molecule has 2 aliphatic carbocycles. The molecule has 4 N–H and O–H groups in total. The van der Waals surface area contributed by atoms with E-state index in [-0.39, 0.29) is 49.1 Å². The van der Waals surface area contributed by atoms with Gasteiger partial charge in [0, 0.05) is 18.8 Å². The van der Waals surface area contributed by atoms with Crippen LogP contribution in [0, 0.1) is 23.7 Å². The summed E-state index contributed by atoms with van der Waals surface area (Å²) >= 11 is 0. The highest BCUT2D eigenvalue weighted by atomic mass is 16.5. The normalized spacial score (nSPS) is 26.2. The number of esters is 1. The third-order valence-electron chi connectivity index (χ3n) is 8.21. The van der Waals surface area contributed by atoms with E-state index < -0.39 is 30.3 Å². The van der Waals surface area contributed by atoms with Gasteiger partial charge in [-0.25, -0.2) is 5.48 Å². The van der Waals surface area contributed by atoms with Gasteiger partial charge in [-0.05, 0) is 54.4 Å². The Morgan fingerprint density at radius 2 is 1.93 bits per heavy atom. The molecule has 222 valence electrons. The lowest BCUT2D eigenvalue weighted by molar-refractivity contribution is -0.159. The number of allylic oxidation sites excluding steroid dienone is 2. The van der Waals surface area contributed by atoms with Crippen LogP contribution in [-0.4, -0.2) is 58.8 Å². The van der Waals surface area contributed by atoms with Gasteiger partial charge in [-0.3, -0.25) is 14.8 Å². The number of carbonyl (C=O) groups is 2. The van der Waals surface area contributed by atoms with E-state index in [1.807, 2.05) is 50.3 Å². The summed E-state index contributed by atoms with van der Waals surface area (Å²) in [6, 6.07) is 7.38. The number of carbonyl (C=O) groups excluding carboxylic acids is 2. The molecule has 2 aliphatic rings. The van der Waals surface area contributed by atoms with Crippen LogP contribution < -0.4 is 10.2 Å². The number of ether oxygens (including phenoxy) is 3. The first kappa shape index (κ1) is 31.8. The minimum atomic E-state index is -0.742. The molecule has 0 radical (unpaired) electrons. The fourth-order valence-electron chi connectivity index (χ4n) is 5.62. The number of hydroxylamine groups is 1. The summed E-state index contributed by atoms with van der Waals surface area (Å²) in [6.45, 7) is 6.15. The molecule has 0 saturated carbocycles. The van der Waals surface area contributed by atoms with Crippen LogP contribution in [0.25, 0.3) is 0 Å². The summed E-state index contributed by atoms with van der Waals surface area (Å²) in [5, 5.41) is 30.5. The van der Waals surface area contributed by atoms with Gasteiger partial charge in [0.15, 0.2) is 0 Å². The Kier molecular flexibility index (Phi) is 12.2. The van der Waals surface area contributed by atoms with Crippen LogP contribution in [0.4, 0.5) is 0 Å². The molecule has 1 aromatic rings. The first-order valence-corrected chi connectivity index (χ1v) is 14.3. The highest BCUT2D eigenvalue weighted by molar-refractivity contribution is 5.75. The fraction of sp³-hybridized carbons (Fsp3) is 0.613. The standard InChI is InChI=1S/C31H45NO8/c1-5-19(2)31(36)40-28-16-24(34)14-22-9-6-20(3)27(30(22)28)13-10-23(33)15-26(17-29(35)32-37)39-18-21-7-11-25(38-4)12-8-21/h6-9,11-12,14,19-20,23-24,26-28,30,33-34,37H,5,10,13,15-18H2,1-4H3,(H,32,35). The van der Waals surface area contributed by atoms with E-state index >= 15 is 0 Å². The van der Waals surface area contributed by atoms with E-state index in [1.165, 1.54) is 0 Å². The number of nitrogens with one attached hydrogen (secondary N) is 1. The number of benzene rings is 1. The topological polar surface area (TPSA) is 135 Å². The third kappa shape index (κ3) is 8.89. The maximum atomic E-state index is 12.7. The predicted octanol–water partition coefficient (Wildman–Crippen LogP) is 4.09. The second-order valence-electron chi connectivity index (χ2n) is 11.1. The molecule has 3 rings (SSSR count). The van der Waals surface area contributed by atoms with Crippen LogP contribution in [0.2, 0.25) is 0 Å². The molecule has 0 aliphatic heterocycles. The molecule has 0 fully saturated rings. The van der Waals surface area contributed by atoms with Crippen molar-refractivity contribution < 1.29 is 39.2 Å². The van der Waals surface area contributed by atoms with Gasteiger partial charge >= 0.3 is 5.97 Å². The number of rotatable bonds is 14. The van der Waals surface area contributed by atoms with Gasteiger partial charge in [0.2, 0.25) is 5.91 Å². The summed E-state index contributed by atoms with van der Waals surface area (Å²) in [5.41, 5.74) is 3.51. The van der Waals surface area contributed by atoms with Gasteiger partial charge in [0.25, 0.3) is 0 Å². The summed E-state index contributed by atoms with van der Waals surface area (Å²) in [5.74, 6) is -0.0886. The van der Waals surface area contributed by atoms with Gasteiger partial charge in [0.05, 0.1) is 44.4 Å². The Morgan fingerprint density at radius 1 is 1.20 bits per heavy atom. The van der Waals surface area contributed by atoms with Crippen molar-refractivity contribution in [3.63, 3.8) is 0 Å². The van der Waals surface area contributed by atoms with E-state index in [9.17, 15) is 19.8 Å². The average Bonchev–Trinajstić information content (AvgIpc) is 2.95. The van der Waals surface area contributed by atoms with Crippen molar-refractivity contribution in [2.45, 2.75) is 90.3 Å². The van der Waals surface area contributed by atoms with Crippen molar-refractivity contribution in [2.24, 2.45) is 23.7 Å². The molecule has 9 heteroatoms. The number of methoxy groups -OCH3 is 1. The minimum Gasteiger partial charge on any atom is -0.497 e. The van der Waals surface area contributed by atoms with Crippen molar-refractivity contribution in [1.29, 1.82) is 0 Å². The fourth-order valence-corrected chi connectivity index (χ4v) is 5.62. The molecule has 0 spiro atoms. The Hall–Kier alpha value is -2.72. The molecular weight excluding hydrogens is 514 g/mol. The van der Waals surface area contributed by atoms with Crippen molar-refractivity contribution in [2.75, 3.05) is 7.11 Å². The van der Waals surface area contributed by atoms with Crippen molar-refractivity contribution in [3.05, 3.63) is 53.6 Å². The number of amides is 1. The second kappa shape index (κ2) is 15.3. The van der Waals surface area contributed by atoms with Crippen LogP contribution in [0.5, 0.6) is 5.75 Å². The molecular formula is C31H45NO8. The Labute approximate surface area is 237 Å². The molecule has 0 heterocycles.